The highest BCUT2D eigenvalue weighted by Gasteiger charge is 2.25. The molecule has 0 aliphatic carbocycles. The van der Waals surface area contributed by atoms with Gasteiger partial charge in [-0.3, -0.25) is 14.5 Å². The normalized spacial score (nSPS) is 24.2. The van der Waals surface area contributed by atoms with E-state index in [0.29, 0.717) is 13.1 Å². The minimum atomic E-state index is -0.935. The highest BCUT2D eigenvalue weighted by Crippen LogP contribution is 1.98. The van der Waals surface area contributed by atoms with Crippen LogP contribution < -0.4 is 5.32 Å². The van der Waals surface area contributed by atoms with E-state index < -0.39 is 18.0 Å². The van der Waals surface area contributed by atoms with Gasteiger partial charge in [0.15, 0.2) is 0 Å². The van der Waals surface area contributed by atoms with Gasteiger partial charge in [0, 0.05) is 19.6 Å². The van der Waals surface area contributed by atoms with Crippen LogP contribution in [0.2, 0.25) is 0 Å². The number of aliphatic carboxylic acids is 2. The van der Waals surface area contributed by atoms with E-state index in [1.807, 2.05) is 0 Å². The van der Waals surface area contributed by atoms with Gasteiger partial charge in [-0.1, -0.05) is 0 Å². The molecule has 1 atom stereocenters. The Kier molecular flexibility index (Phi) is 3.21. The maximum atomic E-state index is 10.5. The van der Waals surface area contributed by atoms with Crippen LogP contribution in [0.1, 0.15) is 0 Å². The van der Waals surface area contributed by atoms with Crippen LogP contribution in [0.4, 0.5) is 0 Å². The molecule has 0 saturated carbocycles. The first-order valence-corrected chi connectivity index (χ1v) is 4.00. The fraction of sp³-hybridized carbons (Fsp3) is 0.714. The zero-order valence-corrected chi connectivity index (χ0v) is 7.06. The largest absolute Gasteiger partial charge is 0.480 e. The molecule has 1 unspecified atom stereocenters. The van der Waals surface area contributed by atoms with Gasteiger partial charge in [0.1, 0.15) is 6.04 Å². The molecule has 0 aromatic heterocycles. The summed E-state index contributed by atoms with van der Waals surface area (Å²) in [5.74, 6) is -1.86. The van der Waals surface area contributed by atoms with Gasteiger partial charge >= 0.3 is 11.9 Å². The van der Waals surface area contributed by atoms with Crippen molar-refractivity contribution in [3.05, 3.63) is 0 Å². The van der Waals surface area contributed by atoms with Crippen LogP contribution >= 0.6 is 0 Å². The molecule has 3 N–H and O–H groups in total. The van der Waals surface area contributed by atoms with Crippen LogP contribution in [0, 0.1) is 0 Å². The number of carboxylic acids is 2. The molecular weight excluding hydrogens is 176 g/mol. The third-order valence-electron chi connectivity index (χ3n) is 1.92. The lowest BCUT2D eigenvalue weighted by Crippen LogP contribution is -2.55. The van der Waals surface area contributed by atoms with E-state index in [4.69, 9.17) is 10.2 Å². The number of rotatable bonds is 3. The molecule has 0 bridgehead atoms. The smallest absolute Gasteiger partial charge is 0.322 e. The molecule has 0 aromatic rings. The lowest BCUT2D eigenvalue weighted by Gasteiger charge is -2.29. The molecule has 0 aromatic carbocycles. The summed E-state index contributed by atoms with van der Waals surface area (Å²) in [6.45, 7) is 1.26. The molecule has 1 aliphatic heterocycles. The molecule has 6 nitrogen and oxygen atoms in total. The SMILES string of the molecule is O=C(O)CN1CCNC(C(=O)O)C1. The van der Waals surface area contributed by atoms with Gasteiger partial charge in [-0.15, -0.1) is 0 Å². The average molecular weight is 188 g/mol. The second-order valence-corrected chi connectivity index (χ2v) is 2.97. The average Bonchev–Trinajstić information content (AvgIpc) is 2.03. The predicted octanol–water partition coefficient (Wildman–Crippen LogP) is -1.57. The summed E-state index contributed by atoms with van der Waals surface area (Å²) in [6, 6.07) is -0.645. The van der Waals surface area contributed by atoms with E-state index >= 15 is 0 Å². The molecule has 6 heteroatoms. The molecule has 1 saturated heterocycles. The third kappa shape index (κ3) is 3.00. The molecule has 0 radical (unpaired) electrons. The molecule has 13 heavy (non-hydrogen) atoms. The Balaban J connectivity index is 2.41. The fourth-order valence-electron chi connectivity index (χ4n) is 1.31. The van der Waals surface area contributed by atoms with Crippen LogP contribution in [-0.4, -0.2) is 59.3 Å². The van der Waals surface area contributed by atoms with E-state index in [9.17, 15) is 9.59 Å². The molecule has 74 valence electrons. The lowest BCUT2D eigenvalue weighted by molar-refractivity contribution is -0.143. The molecule has 1 fully saturated rings. The number of nitrogens with one attached hydrogen (secondary N) is 1. The number of carbonyl (C=O) groups is 2. The summed E-state index contributed by atoms with van der Waals surface area (Å²) in [4.78, 5) is 22.5. The Hall–Kier alpha value is -1.14. The molecule has 1 aliphatic rings. The Morgan fingerprint density at radius 3 is 2.69 bits per heavy atom. The summed E-state index contributed by atoms with van der Waals surface area (Å²) in [6.07, 6.45) is 0. The van der Waals surface area contributed by atoms with Gasteiger partial charge in [0.25, 0.3) is 0 Å². The van der Waals surface area contributed by atoms with Crippen LogP contribution in [0.5, 0.6) is 0 Å². The van der Waals surface area contributed by atoms with Gasteiger partial charge in [-0.2, -0.15) is 0 Å². The summed E-state index contributed by atoms with van der Waals surface area (Å²) in [5.41, 5.74) is 0. The Morgan fingerprint density at radius 2 is 2.15 bits per heavy atom. The van der Waals surface area contributed by atoms with Crippen molar-refractivity contribution in [2.75, 3.05) is 26.2 Å². The van der Waals surface area contributed by atoms with Crippen molar-refractivity contribution in [1.82, 2.24) is 10.2 Å². The van der Waals surface area contributed by atoms with Crippen molar-refractivity contribution in [3.8, 4) is 0 Å². The molecular formula is C7H12N2O4. The maximum absolute atomic E-state index is 10.5. The topological polar surface area (TPSA) is 89.9 Å². The number of piperazine rings is 1. The molecule has 0 amide bonds. The maximum Gasteiger partial charge on any atom is 0.322 e. The molecule has 1 rings (SSSR count). The van der Waals surface area contributed by atoms with Crippen LogP contribution in [0.25, 0.3) is 0 Å². The Labute approximate surface area is 75.1 Å². The van der Waals surface area contributed by atoms with Gasteiger partial charge < -0.3 is 15.5 Å². The second kappa shape index (κ2) is 4.20. The van der Waals surface area contributed by atoms with Gasteiger partial charge in [0.2, 0.25) is 0 Å². The number of carboxylic acid groups (broad SMARTS) is 2. The van der Waals surface area contributed by atoms with Crippen molar-refractivity contribution >= 4 is 11.9 Å². The van der Waals surface area contributed by atoms with Crippen molar-refractivity contribution < 1.29 is 19.8 Å². The van der Waals surface area contributed by atoms with E-state index in [0.717, 1.165) is 0 Å². The highest BCUT2D eigenvalue weighted by molar-refractivity contribution is 5.74. The lowest BCUT2D eigenvalue weighted by atomic mass is 10.2. The van der Waals surface area contributed by atoms with Crippen molar-refractivity contribution in [3.63, 3.8) is 0 Å². The van der Waals surface area contributed by atoms with E-state index in [2.05, 4.69) is 5.32 Å². The fourth-order valence-corrected chi connectivity index (χ4v) is 1.31. The van der Waals surface area contributed by atoms with Crippen LogP contribution in [-0.2, 0) is 9.59 Å². The Morgan fingerprint density at radius 1 is 1.46 bits per heavy atom. The van der Waals surface area contributed by atoms with E-state index in [1.165, 1.54) is 0 Å². The third-order valence-corrected chi connectivity index (χ3v) is 1.92. The van der Waals surface area contributed by atoms with Crippen LogP contribution in [0.15, 0.2) is 0 Å². The van der Waals surface area contributed by atoms with Crippen molar-refractivity contribution in [1.29, 1.82) is 0 Å². The van der Waals surface area contributed by atoms with Gasteiger partial charge in [0.05, 0.1) is 6.54 Å². The number of hydrogen-bond donors (Lipinski definition) is 3. The molecule has 0 spiro atoms. The first-order valence-electron chi connectivity index (χ1n) is 4.00. The van der Waals surface area contributed by atoms with Crippen LogP contribution in [0.3, 0.4) is 0 Å². The quantitative estimate of drug-likeness (QED) is 0.495. The Bertz CT molecular complexity index is 219. The standard InChI is InChI=1S/C7H12N2O4/c10-6(11)4-9-2-1-8-5(3-9)7(12)13/h5,8H,1-4H2,(H,10,11)(H,12,13). The number of nitrogens with zero attached hydrogens (tertiary/aromatic N) is 1. The number of hydrogen-bond acceptors (Lipinski definition) is 4. The minimum absolute atomic E-state index is 0.0918. The first kappa shape index (κ1) is 9.94. The van der Waals surface area contributed by atoms with Crippen molar-refractivity contribution in [2.24, 2.45) is 0 Å². The highest BCUT2D eigenvalue weighted by atomic mass is 16.4. The second-order valence-electron chi connectivity index (χ2n) is 2.97. The zero-order valence-electron chi connectivity index (χ0n) is 7.06. The molecule has 1 heterocycles. The van der Waals surface area contributed by atoms with Gasteiger partial charge in [-0.25, -0.2) is 0 Å². The van der Waals surface area contributed by atoms with Gasteiger partial charge in [-0.05, 0) is 0 Å². The summed E-state index contributed by atoms with van der Waals surface area (Å²) in [7, 11) is 0. The summed E-state index contributed by atoms with van der Waals surface area (Å²) in [5, 5.41) is 19.9. The minimum Gasteiger partial charge on any atom is -0.480 e. The first-order chi connectivity index (χ1) is 6.09. The van der Waals surface area contributed by atoms with E-state index in [-0.39, 0.29) is 13.1 Å². The van der Waals surface area contributed by atoms with E-state index in [1.54, 1.807) is 4.90 Å². The summed E-state index contributed by atoms with van der Waals surface area (Å²) < 4.78 is 0. The predicted molar refractivity (Wildman–Crippen MR) is 43.5 cm³/mol. The zero-order chi connectivity index (χ0) is 9.84. The summed E-state index contributed by atoms with van der Waals surface area (Å²) >= 11 is 0. The van der Waals surface area contributed by atoms with Crippen molar-refractivity contribution in [2.45, 2.75) is 6.04 Å². The monoisotopic (exact) mass is 188 g/mol.